The molecule has 28 heavy (non-hydrogen) atoms. The average Bonchev–Trinajstić information content (AvgIpc) is 2.67. The van der Waals surface area contributed by atoms with Gasteiger partial charge in [-0.15, -0.1) is 0 Å². The second-order valence-electron chi connectivity index (χ2n) is 5.88. The molecular weight excluding hydrogens is 389 g/mol. The minimum absolute atomic E-state index is 0.0921. The van der Waals surface area contributed by atoms with E-state index >= 15 is 0 Å². The van der Waals surface area contributed by atoms with Crippen LogP contribution in [0.2, 0.25) is 0 Å². The third kappa shape index (κ3) is 6.05. The maximum absolute atomic E-state index is 12.9. The van der Waals surface area contributed by atoms with Crippen LogP contribution in [-0.2, 0) is 24.2 Å². The zero-order valence-electron chi connectivity index (χ0n) is 15.3. The lowest BCUT2D eigenvalue weighted by Crippen LogP contribution is -2.30. The molecule has 2 aromatic carbocycles. The second-order valence-corrected chi connectivity index (χ2v) is 7.99. The van der Waals surface area contributed by atoms with E-state index in [9.17, 15) is 22.4 Å². The number of ether oxygens (including phenoxy) is 2. The molecule has 0 spiro atoms. The van der Waals surface area contributed by atoms with Gasteiger partial charge in [0, 0.05) is 11.8 Å². The number of amides is 1. The SMILES string of the molecule is COc1cccc(NC(=O)[C@@H](C)OC(=O)CCS(=O)(=O)c2ccc(F)cc2)c1. The Morgan fingerprint density at radius 1 is 1.14 bits per heavy atom. The van der Waals surface area contributed by atoms with Crippen molar-refractivity contribution in [2.75, 3.05) is 18.2 Å². The van der Waals surface area contributed by atoms with Crippen LogP contribution in [0.1, 0.15) is 13.3 Å². The maximum Gasteiger partial charge on any atom is 0.307 e. The van der Waals surface area contributed by atoms with Crippen LogP contribution >= 0.6 is 0 Å². The van der Waals surface area contributed by atoms with Gasteiger partial charge in [0.2, 0.25) is 0 Å². The fraction of sp³-hybridized carbons (Fsp3) is 0.263. The van der Waals surface area contributed by atoms with Crippen molar-refractivity contribution < 1.29 is 31.9 Å². The lowest BCUT2D eigenvalue weighted by atomic mass is 10.3. The largest absolute Gasteiger partial charge is 0.497 e. The van der Waals surface area contributed by atoms with Crippen molar-refractivity contribution in [1.82, 2.24) is 0 Å². The van der Waals surface area contributed by atoms with E-state index < -0.39 is 45.8 Å². The number of carbonyl (C=O) groups excluding carboxylic acids is 2. The number of carbonyl (C=O) groups is 2. The molecule has 0 bridgehead atoms. The number of sulfone groups is 1. The van der Waals surface area contributed by atoms with Gasteiger partial charge in [0.1, 0.15) is 11.6 Å². The Labute approximate surface area is 162 Å². The fourth-order valence-corrected chi connectivity index (χ4v) is 3.45. The molecule has 0 aliphatic carbocycles. The smallest absolute Gasteiger partial charge is 0.307 e. The summed E-state index contributed by atoms with van der Waals surface area (Å²) in [4.78, 5) is 23.9. The molecule has 0 heterocycles. The first-order valence-electron chi connectivity index (χ1n) is 8.34. The number of esters is 1. The minimum Gasteiger partial charge on any atom is -0.497 e. The molecule has 0 aromatic heterocycles. The third-order valence-corrected chi connectivity index (χ3v) is 5.49. The lowest BCUT2D eigenvalue weighted by Gasteiger charge is -2.14. The molecule has 0 radical (unpaired) electrons. The first-order chi connectivity index (χ1) is 13.2. The summed E-state index contributed by atoms with van der Waals surface area (Å²) in [5.41, 5.74) is 0.464. The second kappa shape index (κ2) is 9.32. The summed E-state index contributed by atoms with van der Waals surface area (Å²) < 4.78 is 47.2. The van der Waals surface area contributed by atoms with Gasteiger partial charge in [-0.25, -0.2) is 12.8 Å². The summed E-state index contributed by atoms with van der Waals surface area (Å²) in [5.74, 6) is -1.92. The highest BCUT2D eigenvalue weighted by molar-refractivity contribution is 7.91. The molecule has 0 aliphatic heterocycles. The van der Waals surface area contributed by atoms with Gasteiger partial charge in [-0.3, -0.25) is 9.59 Å². The van der Waals surface area contributed by atoms with Crippen LogP contribution in [0.5, 0.6) is 5.75 Å². The molecular formula is C19H20FNO6S. The molecule has 7 nitrogen and oxygen atoms in total. The lowest BCUT2D eigenvalue weighted by molar-refractivity contribution is -0.152. The van der Waals surface area contributed by atoms with E-state index in [4.69, 9.17) is 9.47 Å². The van der Waals surface area contributed by atoms with Crippen molar-refractivity contribution in [3.8, 4) is 5.75 Å². The number of methoxy groups -OCH3 is 1. The normalized spacial score (nSPS) is 12.1. The highest BCUT2D eigenvalue weighted by Gasteiger charge is 2.21. The zero-order valence-corrected chi connectivity index (χ0v) is 16.2. The highest BCUT2D eigenvalue weighted by atomic mass is 32.2. The van der Waals surface area contributed by atoms with Crippen molar-refractivity contribution in [1.29, 1.82) is 0 Å². The third-order valence-electron chi connectivity index (χ3n) is 3.76. The van der Waals surface area contributed by atoms with Crippen LogP contribution in [-0.4, -0.2) is 39.3 Å². The van der Waals surface area contributed by atoms with Gasteiger partial charge < -0.3 is 14.8 Å². The van der Waals surface area contributed by atoms with Gasteiger partial charge in [0.05, 0.1) is 24.2 Å². The number of hydrogen-bond donors (Lipinski definition) is 1. The monoisotopic (exact) mass is 409 g/mol. The number of nitrogens with one attached hydrogen (secondary N) is 1. The van der Waals surface area contributed by atoms with Crippen LogP contribution in [0.3, 0.4) is 0 Å². The van der Waals surface area contributed by atoms with Gasteiger partial charge in [0.15, 0.2) is 15.9 Å². The predicted molar refractivity (Wildman–Crippen MR) is 100 cm³/mol. The Hall–Kier alpha value is -2.94. The van der Waals surface area contributed by atoms with Crippen LogP contribution in [0.25, 0.3) is 0 Å². The van der Waals surface area contributed by atoms with E-state index in [-0.39, 0.29) is 4.90 Å². The predicted octanol–water partition coefficient (Wildman–Crippen LogP) is 2.57. The Bertz CT molecular complexity index is 943. The molecule has 0 fully saturated rings. The molecule has 0 saturated carbocycles. The summed E-state index contributed by atoms with van der Waals surface area (Å²) in [6.45, 7) is 1.38. The summed E-state index contributed by atoms with van der Waals surface area (Å²) in [7, 11) is -2.27. The molecule has 0 aliphatic rings. The van der Waals surface area contributed by atoms with Gasteiger partial charge in [-0.2, -0.15) is 0 Å². The first kappa shape index (κ1) is 21.4. The molecule has 1 amide bonds. The summed E-state index contributed by atoms with van der Waals surface area (Å²) in [6.07, 6.45) is -1.55. The van der Waals surface area contributed by atoms with Crippen molar-refractivity contribution in [2.24, 2.45) is 0 Å². The van der Waals surface area contributed by atoms with E-state index in [0.717, 1.165) is 24.3 Å². The van der Waals surface area contributed by atoms with E-state index in [2.05, 4.69) is 5.32 Å². The number of rotatable bonds is 8. The quantitative estimate of drug-likeness (QED) is 0.531. The maximum atomic E-state index is 12.9. The molecule has 9 heteroatoms. The zero-order chi connectivity index (χ0) is 20.7. The Morgan fingerprint density at radius 3 is 2.46 bits per heavy atom. The Morgan fingerprint density at radius 2 is 1.82 bits per heavy atom. The number of benzene rings is 2. The van der Waals surface area contributed by atoms with Gasteiger partial charge in [-0.1, -0.05) is 6.07 Å². The summed E-state index contributed by atoms with van der Waals surface area (Å²) in [6, 6.07) is 10.9. The van der Waals surface area contributed by atoms with Crippen LogP contribution < -0.4 is 10.1 Å². The van der Waals surface area contributed by atoms with Gasteiger partial charge in [-0.05, 0) is 43.3 Å². The molecule has 0 unspecified atom stereocenters. The molecule has 2 rings (SSSR count). The van der Waals surface area contributed by atoms with E-state index in [1.165, 1.54) is 14.0 Å². The average molecular weight is 409 g/mol. The van der Waals surface area contributed by atoms with Gasteiger partial charge >= 0.3 is 5.97 Å². The van der Waals surface area contributed by atoms with E-state index in [0.29, 0.717) is 11.4 Å². The number of halogens is 1. The molecule has 2 aromatic rings. The summed E-state index contributed by atoms with van der Waals surface area (Å²) >= 11 is 0. The van der Waals surface area contributed by atoms with Crippen LogP contribution in [0, 0.1) is 5.82 Å². The topological polar surface area (TPSA) is 98.8 Å². The molecule has 1 N–H and O–H groups in total. The van der Waals surface area contributed by atoms with Crippen LogP contribution in [0.4, 0.5) is 10.1 Å². The minimum atomic E-state index is -3.77. The summed E-state index contributed by atoms with van der Waals surface area (Å²) in [5, 5.41) is 2.58. The van der Waals surface area contributed by atoms with Crippen molar-refractivity contribution in [2.45, 2.75) is 24.3 Å². The number of anilines is 1. The standard InChI is InChI=1S/C19H20FNO6S/c1-13(19(23)21-15-4-3-5-16(12-15)26-2)27-18(22)10-11-28(24,25)17-8-6-14(20)7-9-17/h3-9,12-13H,10-11H2,1-2H3,(H,21,23)/t13-/m1/s1. The Kier molecular flexibility index (Phi) is 7.11. The number of hydrogen-bond acceptors (Lipinski definition) is 6. The highest BCUT2D eigenvalue weighted by Crippen LogP contribution is 2.17. The van der Waals surface area contributed by atoms with Crippen LogP contribution in [0.15, 0.2) is 53.4 Å². The molecule has 150 valence electrons. The van der Waals surface area contributed by atoms with Gasteiger partial charge in [0.25, 0.3) is 5.91 Å². The molecule has 1 atom stereocenters. The van der Waals surface area contributed by atoms with Crippen molar-refractivity contribution in [3.05, 3.63) is 54.3 Å². The Balaban J connectivity index is 1.87. The van der Waals surface area contributed by atoms with Crippen molar-refractivity contribution in [3.63, 3.8) is 0 Å². The van der Waals surface area contributed by atoms with Crippen molar-refractivity contribution >= 4 is 27.4 Å². The van der Waals surface area contributed by atoms with E-state index in [1.807, 2.05) is 0 Å². The fourth-order valence-electron chi connectivity index (χ4n) is 2.23. The molecule has 0 saturated heterocycles. The first-order valence-corrected chi connectivity index (χ1v) is 9.99. The van der Waals surface area contributed by atoms with E-state index in [1.54, 1.807) is 24.3 Å².